The van der Waals surface area contributed by atoms with Crippen molar-refractivity contribution < 1.29 is 4.79 Å². The first-order chi connectivity index (χ1) is 9.11. The monoisotopic (exact) mass is 279 g/mol. The molecule has 0 saturated heterocycles. The van der Waals surface area contributed by atoms with Gasteiger partial charge >= 0.3 is 0 Å². The Morgan fingerprint density at radius 3 is 2.68 bits per heavy atom. The van der Waals surface area contributed by atoms with Gasteiger partial charge in [-0.05, 0) is 19.8 Å². The van der Waals surface area contributed by atoms with Crippen LogP contribution in [0.3, 0.4) is 0 Å². The molecule has 4 nitrogen and oxygen atoms in total. The number of carbonyl (C=O) groups excluding carboxylic acids is 1. The second-order valence-electron chi connectivity index (χ2n) is 5.14. The quantitative estimate of drug-likeness (QED) is 0.665. The minimum atomic E-state index is 0.566. The lowest BCUT2D eigenvalue weighted by molar-refractivity contribution is -0.104. The van der Waals surface area contributed by atoms with Gasteiger partial charge in [-0.2, -0.15) is 0 Å². The lowest BCUT2D eigenvalue weighted by atomic mass is 10.2. The fourth-order valence-corrected chi connectivity index (χ4v) is 3.58. The molecule has 2 rings (SSSR count). The predicted octanol–water partition coefficient (Wildman–Crippen LogP) is 2.91. The number of allylic oxidation sites excluding steroid dienone is 1. The predicted molar refractivity (Wildman–Crippen MR) is 80.5 cm³/mol. The first-order valence-electron chi connectivity index (χ1n) is 6.69. The molecule has 104 valence electrons. The second-order valence-corrected chi connectivity index (χ2v) is 6.14. The molecule has 0 unspecified atom stereocenters. The highest BCUT2D eigenvalue weighted by Gasteiger charge is 2.18. The number of hydrogen-bond acceptors (Lipinski definition) is 5. The summed E-state index contributed by atoms with van der Waals surface area (Å²) in [7, 11) is 3.89. The van der Waals surface area contributed by atoms with Crippen LogP contribution in [-0.2, 0) is 4.79 Å². The molecule has 5 heteroatoms. The van der Waals surface area contributed by atoms with E-state index in [4.69, 9.17) is 0 Å². The van der Waals surface area contributed by atoms with E-state index >= 15 is 0 Å². The van der Waals surface area contributed by atoms with Crippen LogP contribution < -0.4 is 5.32 Å². The summed E-state index contributed by atoms with van der Waals surface area (Å²) in [5.41, 5.74) is 1.90. The highest BCUT2D eigenvalue weighted by molar-refractivity contribution is 7.16. The average Bonchev–Trinajstić information content (AvgIpc) is 2.96. The van der Waals surface area contributed by atoms with Crippen molar-refractivity contribution in [3.63, 3.8) is 0 Å². The molecular formula is C14H21N3OS. The zero-order valence-electron chi connectivity index (χ0n) is 11.8. The van der Waals surface area contributed by atoms with Gasteiger partial charge < -0.3 is 10.2 Å². The Labute approximate surface area is 118 Å². The van der Waals surface area contributed by atoms with Crippen LogP contribution in [0.5, 0.6) is 0 Å². The van der Waals surface area contributed by atoms with Crippen molar-refractivity contribution in [2.45, 2.75) is 38.6 Å². The number of thiazole rings is 1. The molecule has 1 aromatic rings. The van der Waals surface area contributed by atoms with E-state index in [1.165, 1.54) is 25.7 Å². The number of aldehydes is 1. The Kier molecular flexibility index (Phi) is 4.58. The molecule has 1 aliphatic rings. The van der Waals surface area contributed by atoms with E-state index in [1.807, 2.05) is 25.9 Å². The summed E-state index contributed by atoms with van der Waals surface area (Å²) in [5, 5.41) is 4.48. The van der Waals surface area contributed by atoms with E-state index in [1.54, 1.807) is 17.4 Å². The molecule has 0 aromatic carbocycles. The normalized spacial score (nSPS) is 16.7. The van der Waals surface area contributed by atoms with Crippen LogP contribution in [0.2, 0.25) is 0 Å². The summed E-state index contributed by atoms with van der Waals surface area (Å²) >= 11 is 1.63. The van der Waals surface area contributed by atoms with E-state index in [2.05, 4.69) is 10.3 Å². The van der Waals surface area contributed by atoms with Gasteiger partial charge in [-0.1, -0.05) is 24.2 Å². The Bertz CT molecular complexity index is 473. The van der Waals surface area contributed by atoms with E-state index in [0.717, 1.165) is 27.7 Å². The zero-order chi connectivity index (χ0) is 13.8. The number of anilines is 1. The van der Waals surface area contributed by atoms with Gasteiger partial charge in [0.15, 0.2) is 5.13 Å². The molecule has 1 aromatic heterocycles. The average molecular weight is 279 g/mol. The topological polar surface area (TPSA) is 45.2 Å². The number of aromatic nitrogens is 1. The Hall–Kier alpha value is -1.36. The maximum absolute atomic E-state index is 10.8. The second kappa shape index (κ2) is 6.19. The molecular weight excluding hydrogens is 258 g/mol. The van der Waals surface area contributed by atoms with Crippen molar-refractivity contribution in [2.24, 2.45) is 0 Å². The van der Waals surface area contributed by atoms with Crippen LogP contribution in [0.4, 0.5) is 5.13 Å². The van der Waals surface area contributed by atoms with Crippen LogP contribution in [0.25, 0.3) is 5.70 Å². The van der Waals surface area contributed by atoms with E-state index in [-0.39, 0.29) is 0 Å². The number of carbonyl (C=O) groups is 1. The molecule has 1 aliphatic carbocycles. The SMILES string of the molecule is Cc1nc(NC2CCCC2)sc1/C(=C\C=O)N(C)C. The summed E-state index contributed by atoms with van der Waals surface area (Å²) in [6, 6.07) is 0.566. The summed E-state index contributed by atoms with van der Waals surface area (Å²) in [4.78, 5) is 18.4. The van der Waals surface area contributed by atoms with Crippen LogP contribution in [0.15, 0.2) is 6.08 Å². The summed E-state index contributed by atoms with van der Waals surface area (Å²) < 4.78 is 0. The van der Waals surface area contributed by atoms with Crippen molar-refractivity contribution in [3.8, 4) is 0 Å². The molecule has 19 heavy (non-hydrogen) atoms. The largest absolute Gasteiger partial charge is 0.376 e. The van der Waals surface area contributed by atoms with Crippen LogP contribution in [0.1, 0.15) is 36.3 Å². The lowest BCUT2D eigenvalue weighted by Crippen LogP contribution is -2.13. The van der Waals surface area contributed by atoms with Gasteiger partial charge in [0.1, 0.15) is 6.29 Å². The summed E-state index contributed by atoms with van der Waals surface area (Å²) in [6.07, 6.45) is 7.52. The Balaban J connectivity index is 2.19. The van der Waals surface area contributed by atoms with Crippen molar-refractivity contribution in [2.75, 3.05) is 19.4 Å². The lowest BCUT2D eigenvalue weighted by Gasteiger charge is -2.15. The minimum absolute atomic E-state index is 0.566. The maximum atomic E-state index is 10.8. The standard InChI is InChI=1S/C14H21N3OS/c1-10-13(12(8-9-18)17(2)3)19-14(15-10)16-11-6-4-5-7-11/h8-9,11H,4-7H2,1-3H3,(H,15,16)/b12-8+. The maximum Gasteiger partial charge on any atom is 0.183 e. The van der Waals surface area contributed by atoms with Crippen molar-refractivity contribution in [1.29, 1.82) is 0 Å². The third-order valence-corrected chi connectivity index (χ3v) is 4.53. The first-order valence-corrected chi connectivity index (χ1v) is 7.50. The van der Waals surface area contributed by atoms with Gasteiger partial charge in [-0.25, -0.2) is 4.98 Å². The summed E-state index contributed by atoms with van der Waals surface area (Å²) in [6.45, 7) is 1.99. The van der Waals surface area contributed by atoms with Crippen LogP contribution in [-0.4, -0.2) is 36.3 Å². The Morgan fingerprint density at radius 1 is 1.42 bits per heavy atom. The molecule has 1 fully saturated rings. The van der Waals surface area contributed by atoms with Gasteiger partial charge in [0.05, 0.1) is 16.3 Å². The van der Waals surface area contributed by atoms with E-state index < -0.39 is 0 Å². The van der Waals surface area contributed by atoms with E-state index in [0.29, 0.717) is 6.04 Å². The number of hydrogen-bond donors (Lipinski definition) is 1. The fraction of sp³-hybridized carbons (Fsp3) is 0.571. The molecule has 0 amide bonds. The van der Waals surface area contributed by atoms with Gasteiger partial charge in [0.25, 0.3) is 0 Å². The van der Waals surface area contributed by atoms with Crippen LogP contribution >= 0.6 is 11.3 Å². The number of nitrogens with zero attached hydrogens (tertiary/aromatic N) is 2. The first kappa shape index (κ1) is 14.1. The summed E-state index contributed by atoms with van der Waals surface area (Å²) in [5.74, 6) is 0. The molecule has 1 saturated carbocycles. The molecule has 0 spiro atoms. The minimum Gasteiger partial charge on any atom is -0.376 e. The molecule has 0 radical (unpaired) electrons. The van der Waals surface area contributed by atoms with Gasteiger partial charge in [0, 0.05) is 26.2 Å². The smallest absolute Gasteiger partial charge is 0.183 e. The molecule has 1 heterocycles. The highest BCUT2D eigenvalue weighted by atomic mass is 32.1. The third-order valence-electron chi connectivity index (χ3n) is 3.42. The molecule has 0 bridgehead atoms. The molecule has 1 N–H and O–H groups in total. The van der Waals surface area contributed by atoms with Crippen molar-refractivity contribution >= 4 is 28.5 Å². The van der Waals surface area contributed by atoms with Crippen molar-refractivity contribution in [1.82, 2.24) is 9.88 Å². The Morgan fingerprint density at radius 2 is 2.11 bits per heavy atom. The molecule has 0 aliphatic heterocycles. The van der Waals surface area contributed by atoms with Gasteiger partial charge in [-0.15, -0.1) is 0 Å². The van der Waals surface area contributed by atoms with E-state index in [9.17, 15) is 4.79 Å². The number of aryl methyl sites for hydroxylation is 1. The van der Waals surface area contributed by atoms with Crippen LogP contribution in [0, 0.1) is 6.92 Å². The number of rotatable bonds is 5. The van der Waals surface area contributed by atoms with Gasteiger partial charge in [0.2, 0.25) is 0 Å². The number of nitrogens with one attached hydrogen (secondary N) is 1. The fourth-order valence-electron chi connectivity index (χ4n) is 2.43. The third kappa shape index (κ3) is 3.35. The van der Waals surface area contributed by atoms with Gasteiger partial charge in [-0.3, -0.25) is 4.79 Å². The molecule has 0 atom stereocenters. The zero-order valence-corrected chi connectivity index (χ0v) is 12.6. The highest BCUT2D eigenvalue weighted by Crippen LogP contribution is 2.32. The van der Waals surface area contributed by atoms with Crippen molar-refractivity contribution in [3.05, 3.63) is 16.6 Å².